The third-order valence-corrected chi connectivity index (χ3v) is 2.52. The first-order chi connectivity index (χ1) is 9.03. The minimum atomic E-state index is -0.920. The molecule has 5 nitrogen and oxygen atoms in total. The van der Waals surface area contributed by atoms with E-state index in [2.05, 4.69) is 5.32 Å². The van der Waals surface area contributed by atoms with Crippen molar-refractivity contribution in [2.75, 3.05) is 6.61 Å². The van der Waals surface area contributed by atoms with E-state index >= 15 is 0 Å². The fourth-order valence-corrected chi connectivity index (χ4v) is 1.50. The molecule has 0 aromatic heterocycles. The Hall–Kier alpha value is -1.43. The van der Waals surface area contributed by atoms with Crippen LogP contribution in [-0.2, 0) is 9.53 Å². The summed E-state index contributed by atoms with van der Waals surface area (Å²) in [5, 5.41) is 11.9. The van der Waals surface area contributed by atoms with Gasteiger partial charge in [0.25, 0.3) is 0 Å². The van der Waals surface area contributed by atoms with Crippen LogP contribution in [0, 0.1) is 5.92 Å². The summed E-state index contributed by atoms with van der Waals surface area (Å²) in [6, 6.07) is 0. The van der Waals surface area contributed by atoms with Crippen LogP contribution < -0.4 is 5.32 Å². The van der Waals surface area contributed by atoms with Crippen LogP contribution in [0.5, 0.6) is 0 Å². The van der Waals surface area contributed by atoms with E-state index in [0.717, 1.165) is 6.08 Å². The maximum Gasteiger partial charge on any atom is 0.407 e. The van der Waals surface area contributed by atoms with Crippen molar-refractivity contribution in [2.24, 2.45) is 5.92 Å². The molecule has 0 radical (unpaired) electrons. The lowest BCUT2D eigenvalue weighted by Gasteiger charge is -2.19. The summed E-state index contributed by atoms with van der Waals surface area (Å²) >= 11 is 0. The van der Waals surface area contributed by atoms with Crippen molar-refractivity contribution in [1.82, 2.24) is 5.32 Å². The number of hydrogen-bond acceptors (Lipinski definition) is 4. The van der Waals surface area contributed by atoms with E-state index in [0.29, 0.717) is 0 Å². The van der Waals surface area contributed by atoms with Gasteiger partial charge in [0, 0.05) is 17.9 Å². The SMILES string of the molecule is CC(=O)C(C/C(F)=C/COC(=O)NC(C)(C)C)C(C)O. The standard InChI is InChI=1S/C14H24FNO4/c1-9(17)12(10(2)18)8-11(15)6-7-20-13(19)16-14(3,4)5/h6,9,12,17H,7-8H2,1-5H3,(H,16,19)/b11-6-. The molecule has 0 heterocycles. The van der Waals surface area contributed by atoms with Crippen LogP contribution in [0.4, 0.5) is 9.18 Å². The summed E-state index contributed by atoms with van der Waals surface area (Å²) in [5.74, 6) is -1.65. The molecule has 0 saturated carbocycles. The number of Topliss-reactive ketones (excluding diaryl/α,β-unsaturated/α-hetero) is 1. The van der Waals surface area contributed by atoms with Crippen molar-refractivity contribution < 1.29 is 23.8 Å². The molecule has 0 rings (SSSR count). The molecule has 1 amide bonds. The van der Waals surface area contributed by atoms with Crippen molar-refractivity contribution in [3.05, 3.63) is 11.9 Å². The Kier molecular flexibility index (Phi) is 7.42. The molecule has 0 aliphatic rings. The van der Waals surface area contributed by atoms with Gasteiger partial charge in [-0.2, -0.15) is 0 Å². The average molecular weight is 289 g/mol. The van der Waals surface area contributed by atoms with Gasteiger partial charge in [-0.1, -0.05) is 0 Å². The molecule has 0 aliphatic carbocycles. The van der Waals surface area contributed by atoms with Crippen LogP contribution in [0.1, 0.15) is 41.0 Å². The number of carbonyl (C=O) groups excluding carboxylic acids is 2. The molecule has 0 spiro atoms. The lowest BCUT2D eigenvalue weighted by atomic mass is 9.95. The number of amides is 1. The fourth-order valence-electron chi connectivity index (χ4n) is 1.50. The second kappa shape index (κ2) is 7.99. The Balaban J connectivity index is 4.27. The normalized spacial score (nSPS) is 15.4. The van der Waals surface area contributed by atoms with Crippen molar-refractivity contribution in [2.45, 2.75) is 52.7 Å². The van der Waals surface area contributed by atoms with E-state index < -0.39 is 29.5 Å². The maximum absolute atomic E-state index is 13.5. The minimum Gasteiger partial charge on any atom is -0.445 e. The lowest BCUT2D eigenvalue weighted by molar-refractivity contribution is -0.123. The van der Waals surface area contributed by atoms with Crippen LogP contribution in [0.25, 0.3) is 0 Å². The molecule has 116 valence electrons. The smallest absolute Gasteiger partial charge is 0.407 e. The number of rotatable bonds is 6. The highest BCUT2D eigenvalue weighted by Gasteiger charge is 2.21. The largest absolute Gasteiger partial charge is 0.445 e. The average Bonchev–Trinajstić information content (AvgIpc) is 2.22. The molecule has 0 bridgehead atoms. The highest BCUT2D eigenvalue weighted by molar-refractivity contribution is 5.79. The lowest BCUT2D eigenvalue weighted by Crippen LogP contribution is -2.40. The van der Waals surface area contributed by atoms with Gasteiger partial charge in [-0.3, -0.25) is 4.79 Å². The van der Waals surface area contributed by atoms with E-state index in [1.165, 1.54) is 13.8 Å². The van der Waals surface area contributed by atoms with Crippen LogP contribution >= 0.6 is 0 Å². The molecule has 2 N–H and O–H groups in total. The van der Waals surface area contributed by atoms with Gasteiger partial charge < -0.3 is 15.2 Å². The van der Waals surface area contributed by atoms with E-state index in [1.54, 1.807) is 20.8 Å². The Morgan fingerprint density at radius 1 is 1.40 bits per heavy atom. The second-order valence-corrected chi connectivity index (χ2v) is 5.79. The monoisotopic (exact) mass is 289 g/mol. The van der Waals surface area contributed by atoms with Gasteiger partial charge in [-0.05, 0) is 40.7 Å². The third-order valence-electron chi connectivity index (χ3n) is 2.52. The summed E-state index contributed by atoms with van der Waals surface area (Å²) in [5.41, 5.74) is -0.425. The molecule has 0 aromatic rings. The van der Waals surface area contributed by atoms with Gasteiger partial charge in [0.15, 0.2) is 0 Å². The molecule has 2 unspecified atom stereocenters. The predicted octanol–water partition coefficient (Wildman–Crippen LogP) is 2.34. The zero-order valence-electron chi connectivity index (χ0n) is 12.7. The second-order valence-electron chi connectivity index (χ2n) is 5.79. The number of carbonyl (C=O) groups is 2. The molecular formula is C14H24FNO4. The molecule has 6 heteroatoms. The van der Waals surface area contributed by atoms with Gasteiger partial charge >= 0.3 is 6.09 Å². The number of aliphatic hydroxyl groups is 1. The first-order valence-electron chi connectivity index (χ1n) is 6.51. The number of aliphatic hydroxyl groups excluding tert-OH is 1. The van der Waals surface area contributed by atoms with E-state index in [1.807, 2.05) is 0 Å². The van der Waals surface area contributed by atoms with Crippen molar-refractivity contribution in [3.8, 4) is 0 Å². The Morgan fingerprint density at radius 2 is 1.95 bits per heavy atom. The van der Waals surface area contributed by atoms with Crippen molar-refractivity contribution >= 4 is 11.9 Å². The summed E-state index contributed by atoms with van der Waals surface area (Å²) < 4.78 is 18.3. The van der Waals surface area contributed by atoms with Crippen LogP contribution in [0.15, 0.2) is 11.9 Å². The summed E-state index contributed by atoms with van der Waals surface area (Å²) in [6.45, 7) is 7.91. The van der Waals surface area contributed by atoms with Gasteiger partial charge in [-0.25, -0.2) is 9.18 Å². The Morgan fingerprint density at radius 3 is 2.35 bits per heavy atom. The number of nitrogens with one attached hydrogen (secondary N) is 1. The number of alkyl carbamates (subject to hydrolysis) is 1. The molecule has 0 aliphatic heterocycles. The molecular weight excluding hydrogens is 265 g/mol. The van der Waals surface area contributed by atoms with E-state index in [9.17, 15) is 19.1 Å². The summed E-state index contributed by atoms with van der Waals surface area (Å²) in [7, 11) is 0. The summed E-state index contributed by atoms with van der Waals surface area (Å²) in [4.78, 5) is 22.5. The van der Waals surface area contributed by atoms with Crippen LogP contribution in [0.2, 0.25) is 0 Å². The number of allylic oxidation sites excluding steroid dienone is 1. The highest BCUT2D eigenvalue weighted by Crippen LogP contribution is 2.17. The van der Waals surface area contributed by atoms with Crippen molar-refractivity contribution in [1.29, 1.82) is 0 Å². The van der Waals surface area contributed by atoms with Gasteiger partial charge in [0.1, 0.15) is 18.2 Å². The van der Waals surface area contributed by atoms with Crippen molar-refractivity contribution in [3.63, 3.8) is 0 Å². The maximum atomic E-state index is 13.5. The molecule has 0 fully saturated rings. The topological polar surface area (TPSA) is 75.6 Å². The van der Waals surface area contributed by atoms with E-state index in [4.69, 9.17) is 4.74 Å². The quantitative estimate of drug-likeness (QED) is 0.787. The molecule has 2 atom stereocenters. The highest BCUT2D eigenvalue weighted by atomic mass is 19.1. The zero-order valence-corrected chi connectivity index (χ0v) is 12.7. The minimum absolute atomic E-state index is 0.197. The van der Waals surface area contributed by atoms with E-state index in [-0.39, 0.29) is 18.8 Å². The van der Waals surface area contributed by atoms with Crippen LogP contribution in [0.3, 0.4) is 0 Å². The number of halogens is 1. The first-order valence-corrected chi connectivity index (χ1v) is 6.51. The van der Waals surface area contributed by atoms with Gasteiger partial charge in [0.2, 0.25) is 0 Å². The molecule has 0 saturated heterocycles. The predicted molar refractivity (Wildman–Crippen MR) is 73.9 cm³/mol. The number of ether oxygens (including phenoxy) is 1. The Bertz CT molecular complexity index is 372. The molecule has 20 heavy (non-hydrogen) atoms. The third kappa shape index (κ3) is 8.63. The first kappa shape index (κ1) is 18.6. The van der Waals surface area contributed by atoms with Gasteiger partial charge in [0.05, 0.1) is 6.10 Å². The number of ketones is 1. The number of hydrogen-bond donors (Lipinski definition) is 2. The Labute approximate surface area is 119 Å². The molecule has 0 aromatic carbocycles. The zero-order chi connectivity index (χ0) is 15.9. The summed E-state index contributed by atoms with van der Waals surface area (Å²) in [6.07, 6.45) is -0.672. The fraction of sp³-hybridized carbons (Fsp3) is 0.714. The van der Waals surface area contributed by atoms with Gasteiger partial charge in [-0.15, -0.1) is 0 Å². The van der Waals surface area contributed by atoms with Crippen LogP contribution in [-0.4, -0.2) is 35.2 Å².